The zero-order chi connectivity index (χ0) is 17.9. The average molecular weight is 337 g/mol. The Bertz CT molecular complexity index is 559. The van der Waals surface area contributed by atoms with Crippen molar-refractivity contribution in [3.05, 3.63) is 35.4 Å². The third kappa shape index (κ3) is 8.02. The largest absolute Gasteiger partial charge is 0.465 e. The molecule has 0 spiro atoms. The minimum absolute atomic E-state index is 0.264. The van der Waals surface area contributed by atoms with Crippen molar-refractivity contribution in [3.8, 4) is 0 Å². The van der Waals surface area contributed by atoms with Crippen LogP contribution >= 0.6 is 0 Å². The van der Waals surface area contributed by atoms with Gasteiger partial charge in [-0.15, -0.1) is 0 Å². The summed E-state index contributed by atoms with van der Waals surface area (Å²) in [6, 6.07) is 6.80. The van der Waals surface area contributed by atoms with Gasteiger partial charge in [0.15, 0.2) is 0 Å². The van der Waals surface area contributed by atoms with E-state index in [0.717, 1.165) is 11.1 Å². The standard InChI is InChI=1S/C16H23N3O5/c1-11-5-7-12(8-6-11)10-18-14(20)13(19-16(23)24)4-2-3-9-17-15(21)22/h5-8,13,17,19H,2-4,9-10H2,1H3,(H,18,20)(H,21,22)(H,23,24). The fourth-order valence-electron chi connectivity index (χ4n) is 2.10. The van der Waals surface area contributed by atoms with Crippen LogP contribution in [0.4, 0.5) is 9.59 Å². The van der Waals surface area contributed by atoms with Gasteiger partial charge in [0.1, 0.15) is 6.04 Å². The maximum Gasteiger partial charge on any atom is 0.405 e. The molecule has 132 valence electrons. The zero-order valence-corrected chi connectivity index (χ0v) is 13.5. The summed E-state index contributed by atoms with van der Waals surface area (Å²) in [5.74, 6) is -0.399. The summed E-state index contributed by atoms with van der Waals surface area (Å²) in [4.78, 5) is 33.3. The Balaban J connectivity index is 2.43. The average Bonchev–Trinajstić information content (AvgIpc) is 2.52. The monoisotopic (exact) mass is 337 g/mol. The van der Waals surface area contributed by atoms with Gasteiger partial charge in [-0.2, -0.15) is 0 Å². The topological polar surface area (TPSA) is 128 Å². The first-order valence-corrected chi connectivity index (χ1v) is 7.68. The molecule has 3 amide bonds. The lowest BCUT2D eigenvalue weighted by Gasteiger charge is -2.17. The molecule has 0 saturated heterocycles. The van der Waals surface area contributed by atoms with Gasteiger partial charge >= 0.3 is 12.2 Å². The maximum atomic E-state index is 12.1. The van der Waals surface area contributed by atoms with E-state index in [-0.39, 0.29) is 6.54 Å². The summed E-state index contributed by atoms with van der Waals surface area (Å²) in [5.41, 5.74) is 2.04. The first-order chi connectivity index (χ1) is 11.4. The first kappa shape index (κ1) is 19.3. The molecule has 0 radical (unpaired) electrons. The highest BCUT2D eigenvalue weighted by Crippen LogP contribution is 2.05. The smallest absolute Gasteiger partial charge is 0.405 e. The second-order valence-corrected chi connectivity index (χ2v) is 5.43. The molecule has 0 aliphatic carbocycles. The number of aryl methyl sites for hydroxylation is 1. The summed E-state index contributed by atoms with van der Waals surface area (Å²) in [6.45, 7) is 2.55. The zero-order valence-electron chi connectivity index (χ0n) is 13.5. The van der Waals surface area contributed by atoms with Crippen LogP contribution in [0, 0.1) is 6.92 Å². The molecule has 5 N–H and O–H groups in total. The highest BCUT2D eigenvalue weighted by Gasteiger charge is 2.19. The Morgan fingerprint density at radius 3 is 2.25 bits per heavy atom. The van der Waals surface area contributed by atoms with Crippen molar-refractivity contribution >= 4 is 18.1 Å². The summed E-state index contributed by atoms with van der Waals surface area (Å²) >= 11 is 0. The Hall–Kier alpha value is -2.77. The van der Waals surface area contributed by atoms with Crippen molar-refractivity contribution in [3.63, 3.8) is 0 Å². The van der Waals surface area contributed by atoms with E-state index in [4.69, 9.17) is 10.2 Å². The van der Waals surface area contributed by atoms with Gasteiger partial charge in [0.05, 0.1) is 0 Å². The second kappa shape index (κ2) is 10.1. The lowest BCUT2D eigenvalue weighted by Crippen LogP contribution is -2.46. The number of unbranched alkanes of at least 4 members (excludes halogenated alkanes) is 1. The molecule has 0 bridgehead atoms. The highest BCUT2D eigenvalue weighted by molar-refractivity contribution is 5.85. The number of nitrogens with one attached hydrogen (secondary N) is 3. The molecule has 8 nitrogen and oxygen atoms in total. The minimum atomic E-state index is -1.27. The molecule has 1 aromatic carbocycles. The van der Waals surface area contributed by atoms with Gasteiger partial charge in [0.2, 0.25) is 5.91 Å². The molecule has 1 unspecified atom stereocenters. The lowest BCUT2D eigenvalue weighted by molar-refractivity contribution is -0.123. The number of hydrogen-bond acceptors (Lipinski definition) is 3. The number of carboxylic acid groups (broad SMARTS) is 2. The van der Waals surface area contributed by atoms with Crippen molar-refractivity contribution in [1.29, 1.82) is 0 Å². The fourth-order valence-corrected chi connectivity index (χ4v) is 2.10. The third-order valence-corrected chi connectivity index (χ3v) is 3.40. The molecule has 1 rings (SSSR count). The Morgan fingerprint density at radius 1 is 1.00 bits per heavy atom. The van der Waals surface area contributed by atoms with Crippen LogP contribution in [-0.2, 0) is 11.3 Å². The molecule has 0 aliphatic heterocycles. The predicted molar refractivity (Wildman–Crippen MR) is 87.9 cm³/mol. The van der Waals surface area contributed by atoms with E-state index in [0.29, 0.717) is 25.8 Å². The van der Waals surface area contributed by atoms with Crippen molar-refractivity contribution in [2.75, 3.05) is 6.54 Å². The van der Waals surface area contributed by atoms with Gasteiger partial charge in [0, 0.05) is 13.1 Å². The van der Waals surface area contributed by atoms with Crippen LogP contribution in [0.3, 0.4) is 0 Å². The molecule has 0 heterocycles. The van der Waals surface area contributed by atoms with E-state index >= 15 is 0 Å². The molecule has 0 aliphatic rings. The molecule has 24 heavy (non-hydrogen) atoms. The Labute approximate surface area is 140 Å². The number of benzene rings is 1. The van der Waals surface area contributed by atoms with Gasteiger partial charge in [-0.25, -0.2) is 9.59 Å². The molecule has 1 aromatic rings. The van der Waals surface area contributed by atoms with Crippen LogP contribution < -0.4 is 16.0 Å². The Morgan fingerprint density at radius 2 is 1.67 bits per heavy atom. The molecule has 0 aromatic heterocycles. The normalized spacial score (nSPS) is 11.4. The SMILES string of the molecule is Cc1ccc(CNC(=O)C(CCCCNC(=O)O)NC(=O)O)cc1. The molecular weight excluding hydrogens is 314 g/mol. The number of rotatable bonds is 9. The van der Waals surface area contributed by atoms with Crippen LogP contribution in [0.2, 0.25) is 0 Å². The molecular formula is C16H23N3O5. The van der Waals surface area contributed by atoms with Crippen LogP contribution in [0.25, 0.3) is 0 Å². The van der Waals surface area contributed by atoms with Gasteiger partial charge < -0.3 is 26.2 Å². The van der Waals surface area contributed by atoms with Gasteiger partial charge in [-0.1, -0.05) is 29.8 Å². The minimum Gasteiger partial charge on any atom is -0.465 e. The third-order valence-electron chi connectivity index (χ3n) is 3.40. The lowest BCUT2D eigenvalue weighted by atomic mass is 10.1. The molecule has 0 fully saturated rings. The highest BCUT2D eigenvalue weighted by atomic mass is 16.4. The predicted octanol–water partition coefficient (Wildman–Crippen LogP) is 1.69. The first-order valence-electron chi connectivity index (χ1n) is 7.68. The van der Waals surface area contributed by atoms with Gasteiger partial charge in [0.25, 0.3) is 0 Å². The molecule has 0 saturated carbocycles. The van der Waals surface area contributed by atoms with Crippen LogP contribution in [0.5, 0.6) is 0 Å². The second-order valence-electron chi connectivity index (χ2n) is 5.43. The van der Waals surface area contributed by atoms with Crippen molar-refractivity contribution < 1.29 is 24.6 Å². The van der Waals surface area contributed by atoms with E-state index in [1.54, 1.807) is 0 Å². The number of carbonyl (C=O) groups excluding carboxylic acids is 1. The van der Waals surface area contributed by atoms with E-state index in [1.807, 2.05) is 31.2 Å². The summed E-state index contributed by atoms with van der Waals surface area (Å²) in [5, 5.41) is 24.4. The quantitative estimate of drug-likeness (QED) is 0.438. The van der Waals surface area contributed by atoms with Crippen LogP contribution in [0.15, 0.2) is 24.3 Å². The number of amides is 3. The van der Waals surface area contributed by atoms with Crippen LogP contribution in [-0.4, -0.2) is 40.9 Å². The number of hydrogen-bond donors (Lipinski definition) is 5. The van der Waals surface area contributed by atoms with E-state index < -0.39 is 24.1 Å². The van der Waals surface area contributed by atoms with Crippen molar-refractivity contribution in [2.45, 2.75) is 38.8 Å². The maximum absolute atomic E-state index is 12.1. The Kier molecular flexibility index (Phi) is 8.10. The van der Waals surface area contributed by atoms with E-state index in [1.165, 1.54) is 0 Å². The van der Waals surface area contributed by atoms with E-state index in [9.17, 15) is 14.4 Å². The van der Waals surface area contributed by atoms with E-state index in [2.05, 4.69) is 16.0 Å². The summed E-state index contributed by atoms with van der Waals surface area (Å²) < 4.78 is 0. The summed E-state index contributed by atoms with van der Waals surface area (Å²) in [7, 11) is 0. The van der Waals surface area contributed by atoms with Crippen LogP contribution in [0.1, 0.15) is 30.4 Å². The molecule has 8 heteroatoms. The fraction of sp³-hybridized carbons (Fsp3) is 0.438. The van der Waals surface area contributed by atoms with Gasteiger partial charge in [-0.3, -0.25) is 4.79 Å². The van der Waals surface area contributed by atoms with Crippen molar-refractivity contribution in [1.82, 2.24) is 16.0 Å². The number of carbonyl (C=O) groups is 3. The molecule has 1 atom stereocenters. The van der Waals surface area contributed by atoms with Gasteiger partial charge in [-0.05, 0) is 31.7 Å². The summed E-state index contributed by atoms with van der Waals surface area (Å²) in [6.07, 6.45) is -1.04. The van der Waals surface area contributed by atoms with Crippen molar-refractivity contribution in [2.24, 2.45) is 0 Å².